The Bertz CT molecular complexity index is 1130. The highest BCUT2D eigenvalue weighted by atomic mass is 32.1. The fourth-order valence-electron chi connectivity index (χ4n) is 2.88. The topological polar surface area (TPSA) is 75.0 Å². The average molecular weight is 416 g/mol. The Balaban J connectivity index is 1.41. The van der Waals surface area contributed by atoms with Crippen LogP contribution in [0.3, 0.4) is 0 Å². The Morgan fingerprint density at radius 2 is 1.83 bits per heavy atom. The summed E-state index contributed by atoms with van der Waals surface area (Å²) in [6.07, 6.45) is 5.13. The van der Waals surface area contributed by atoms with Gasteiger partial charge in [0.15, 0.2) is 10.9 Å². The Morgan fingerprint density at radius 3 is 2.63 bits per heavy atom. The predicted octanol–water partition coefficient (Wildman–Crippen LogP) is 5.28. The molecule has 6 nitrogen and oxygen atoms in total. The maximum absolute atomic E-state index is 5.83. The maximum atomic E-state index is 5.83. The zero-order valence-corrected chi connectivity index (χ0v) is 17.2. The van der Waals surface area contributed by atoms with Crippen LogP contribution in [0.25, 0.3) is 11.3 Å². The number of anilines is 3. The average Bonchev–Trinajstić information content (AvgIpc) is 3.25. The number of benzene rings is 2. The first-order valence-electron chi connectivity index (χ1n) is 9.50. The van der Waals surface area contributed by atoms with Crippen molar-refractivity contribution in [2.45, 2.75) is 13.5 Å². The maximum Gasteiger partial charge on any atom is 0.299 e. The molecule has 0 amide bonds. The number of thiocarbonyl (C=S) groups is 1. The third-order valence-corrected chi connectivity index (χ3v) is 4.75. The molecule has 30 heavy (non-hydrogen) atoms. The van der Waals surface area contributed by atoms with Gasteiger partial charge in [-0.05, 0) is 54.5 Å². The van der Waals surface area contributed by atoms with E-state index in [0.29, 0.717) is 23.4 Å². The Hall–Kier alpha value is -3.71. The molecule has 3 N–H and O–H groups in total. The summed E-state index contributed by atoms with van der Waals surface area (Å²) in [5.41, 5.74) is 4.91. The number of aryl methyl sites for hydroxylation is 1. The molecule has 0 unspecified atom stereocenters. The van der Waals surface area contributed by atoms with Crippen LogP contribution >= 0.6 is 12.2 Å². The molecule has 0 aliphatic heterocycles. The first kappa shape index (κ1) is 19.6. The first-order chi connectivity index (χ1) is 14.7. The van der Waals surface area contributed by atoms with Crippen molar-refractivity contribution in [1.29, 1.82) is 0 Å². The number of pyridine rings is 1. The van der Waals surface area contributed by atoms with E-state index in [1.165, 1.54) is 5.56 Å². The van der Waals surface area contributed by atoms with Gasteiger partial charge < -0.3 is 20.4 Å². The van der Waals surface area contributed by atoms with E-state index in [0.717, 1.165) is 22.5 Å². The van der Waals surface area contributed by atoms with E-state index in [1.54, 1.807) is 18.6 Å². The first-order valence-corrected chi connectivity index (χ1v) is 9.91. The summed E-state index contributed by atoms with van der Waals surface area (Å²) in [6.45, 7) is 2.68. The molecule has 0 aliphatic rings. The van der Waals surface area contributed by atoms with Crippen LogP contribution in [0.5, 0.6) is 0 Å². The lowest BCUT2D eigenvalue weighted by atomic mass is 10.2. The highest BCUT2D eigenvalue weighted by Crippen LogP contribution is 2.27. The van der Waals surface area contributed by atoms with Gasteiger partial charge in [0.05, 0.1) is 6.20 Å². The normalized spacial score (nSPS) is 10.4. The smallest absolute Gasteiger partial charge is 0.299 e. The second-order valence-corrected chi connectivity index (χ2v) is 7.12. The van der Waals surface area contributed by atoms with Crippen LogP contribution in [0.4, 0.5) is 17.4 Å². The standard InChI is InChI=1S/C23H21N5OS/c1-16-7-8-19(27-23(30)26-14-17-5-3-2-4-6-17)13-20(16)28-22-25-15-21(29-22)18-9-11-24-12-10-18/h2-13,15H,14H2,1H3,(H,25,28)(H2,26,27,30). The molecule has 0 atom stereocenters. The lowest BCUT2D eigenvalue weighted by Gasteiger charge is -2.13. The van der Waals surface area contributed by atoms with E-state index >= 15 is 0 Å². The van der Waals surface area contributed by atoms with E-state index in [9.17, 15) is 0 Å². The molecule has 2 aromatic heterocycles. The summed E-state index contributed by atoms with van der Waals surface area (Å²) < 4.78 is 5.83. The van der Waals surface area contributed by atoms with Crippen molar-refractivity contribution in [2.75, 3.05) is 10.6 Å². The number of hydrogen-bond donors (Lipinski definition) is 3. The molecule has 0 aliphatic carbocycles. The summed E-state index contributed by atoms with van der Waals surface area (Å²) in [5.74, 6) is 0.679. The van der Waals surface area contributed by atoms with Crippen LogP contribution in [-0.4, -0.2) is 15.1 Å². The molecule has 2 heterocycles. The largest absolute Gasteiger partial charge is 0.423 e. The van der Waals surface area contributed by atoms with Gasteiger partial charge in [-0.1, -0.05) is 36.4 Å². The highest BCUT2D eigenvalue weighted by Gasteiger charge is 2.09. The van der Waals surface area contributed by atoms with Crippen molar-refractivity contribution in [3.63, 3.8) is 0 Å². The zero-order chi connectivity index (χ0) is 20.8. The molecule has 7 heteroatoms. The molecule has 0 fully saturated rings. The fraction of sp³-hybridized carbons (Fsp3) is 0.0870. The molecular weight excluding hydrogens is 394 g/mol. The number of nitrogens with zero attached hydrogens (tertiary/aromatic N) is 2. The SMILES string of the molecule is Cc1ccc(NC(=S)NCc2ccccc2)cc1Nc1ncc(-c2ccncc2)o1. The van der Waals surface area contributed by atoms with Crippen LogP contribution in [-0.2, 0) is 6.54 Å². The summed E-state index contributed by atoms with van der Waals surface area (Å²) >= 11 is 5.42. The molecule has 4 rings (SSSR count). The number of aromatic nitrogens is 2. The summed E-state index contributed by atoms with van der Waals surface area (Å²) in [4.78, 5) is 8.35. The molecule has 0 bridgehead atoms. The quantitative estimate of drug-likeness (QED) is 0.370. The van der Waals surface area contributed by atoms with Gasteiger partial charge in [0.1, 0.15) is 0 Å². The number of hydrogen-bond acceptors (Lipinski definition) is 5. The van der Waals surface area contributed by atoms with Crippen molar-refractivity contribution in [3.05, 3.63) is 90.4 Å². The van der Waals surface area contributed by atoms with Gasteiger partial charge in [-0.3, -0.25) is 4.98 Å². The lowest BCUT2D eigenvalue weighted by molar-refractivity contribution is 0.592. The summed E-state index contributed by atoms with van der Waals surface area (Å²) in [6, 6.07) is 20.3. The van der Waals surface area contributed by atoms with E-state index in [-0.39, 0.29) is 0 Å². The molecule has 2 aromatic carbocycles. The van der Waals surface area contributed by atoms with Gasteiger partial charge in [-0.2, -0.15) is 0 Å². The van der Waals surface area contributed by atoms with Crippen LogP contribution in [0.15, 0.2) is 83.7 Å². The predicted molar refractivity (Wildman–Crippen MR) is 124 cm³/mol. The van der Waals surface area contributed by atoms with Gasteiger partial charge in [-0.25, -0.2) is 4.98 Å². The second kappa shape index (κ2) is 9.19. The second-order valence-electron chi connectivity index (χ2n) is 6.71. The van der Waals surface area contributed by atoms with Gasteiger partial charge in [0, 0.05) is 35.9 Å². The van der Waals surface area contributed by atoms with Crippen molar-refractivity contribution in [3.8, 4) is 11.3 Å². The Labute approximate surface area is 180 Å². The number of rotatable bonds is 6. The number of nitrogens with one attached hydrogen (secondary N) is 3. The van der Waals surface area contributed by atoms with Crippen LogP contribution in [0, 0.1) is 6.92 Å². The third-order valence-electron chi connectivity index (χ3n) is 4.50. The lowest BCUT2D eigenvalue weighted by Crippen LogP contribution is -2.27. The van der Waals surface area contributed by atoms with Gasteiger partial charge >= 0.3 is 0 Å². The van der Waals surface area contributed by atoms with Crippen LogP contribution in [0.1, 0.15) is 11.1 Å². The third kappa shape index (κ3) is 5.01. The molecule has 0 radical (unpaired) electrons. The monoisotopic (exact) mass is 415 g/mol. The van der Waals surface area contributed by atoms with E-state index < -0.39 is 0 Å². The van der Waals surface area contributed by atoms with Crippen LogP contribution < -0.4 is 16.0 Å². The van der Waals surface area contributed by atoms with Crippen molar-refractivity contribution < 1.29 is 4.42 Å². The van der Waals surface area contributed by atoms with Gasteiger partial charge in [0.25, 0.3) is 6.01 Å². The molecule has 4 aromatic rings. The van der Waals surface area contributed by atoms with E-state index in [2.05, 4.69) is 38.1 Å². The highest BCUT2D eigenvalue weighted by molar-refractivity contribution is 7.80. The van der Waals surface area contributed by atoms with Crippen molar-refractivity contribution in [2.24, 2.45) is 0 Å². The zero-order valence-electron chi connectivity index (χ0n) is 16.4. The minimum Gasteiger partial charge on any atom is -0.423 e. The Kier molecular flexibility index (Phi) is 6.01. The van der Waals surface area contributed by atoms with Gasteiger partial charge in [0.2, 0.25) is 0 Å². The number of oxazole rings is 1. The molecule has 150 valence electrons. The van der Waals surface area contributed by atoms with Crippen molar-refractivity contribution >= 4 is 34.7 Å². The molecule has 0 saturated heterocycles. The van der Waals surface area contributed by atoms with E-state index in [1.807, 2.05) is 55.5 Å². The summed E-state index contributed by atoms with van der Waals surface area (Å²) in [7, 11) is 0. The minimum absolute atomic E-state index is 0.423. The summed E-state index contributed by atoms with van der Waals surface area (Å²) in [5, 5.41) is 10.2. The van der Waals surface area contributed by atoms with Gasteiger partial charge in [-0.15, -0.1) is 0 Å². The molecule has 0 saturated carbocycles. The Morgan fingerprint density at radius 1 is 1.03 bits per heavy atom. The fourth-order valence-corrected chi connectivity index (χ4v) is 3.07. The minimum atomic E-state index is 0.423. The van der Waals surface area contributed by atoms with Crippen LogP contribution in [0.2, 0.25) is 0 Å². The van der Waals surface area contributed by atoms with Crippen molar-refractivity contribution in [1.82, 2.24) is 15.3 Å². The molecule has 0 spiro atoms. The molecular formula is C23H21N5OS. The van der Waals surface area contributed by atoms with E-state index in [4.69, 9.17) is 16.6 Å².